The third kappa shape index (κ3) is 8.60. The lowest BCUT2D eigenvalue weighted by molar-refractivity contribution is -0.141. The number of carbonyl (C=O) groups excluding carboxylic acids is 4. The third-order valence-electron chi connectivity index (χ3n) is 6.69. The number of likely N-dealkylation sites (N-methyl/N-ethyl adjacent to an activating group) is 1. The molecule has 1 aromatic rings. The summed E-state index contributed by atoms with van der Waals surface area (Å²) in [4.78, 5) is 52.7. The number of amides is 4. The number of nitrogens with zero attached hydrogens (tertiary/aromatic N) is 1. The summed E-state index contributed by atoms with van der Waals surface area (Å²) in [5.41, 5.74) is 0.905. The van der Waals surface area contributed by atoms with Crippen molar-refractivity contribution in [1.82, 2.24) is 20.9 Å². The first-order valence-corrected chi connectivity index (χ1v) is 12.8. The molecule has 0 aromatic heterocycles. The molecule has 0 spiro atoms. The highest BCUT2D eigenvalue weighted by Crippen LogP contribution is 2.27. The van der Waals surface area contributed by atoms with Crippen LogP contribution in [0.15, 0.2) is 30.3 Å². The minimum absolute atomic E-state index is 0.166. The zero-order chi connectivity index (χ0) is 25.8. The van der Waals surface area contributed by atoms with E-state index in [9.17, 15) is 19.2 Å². The van der Waals surface area contributed by atoms with Crippen LogP contribution in [-0.2, 0) is 30.5 Å². The highest BCUT2D eigenvalue weighted by atomic mass is 16.5. The Hall–Kier alpha value is -2.98. The van der Waals surface area contributed by atoms with E-state index in [0.29, 0.717) is 38.6 Å². The van der Waals surface area contributed by atoms with E-state index in [4.69, 9.17) is 9.47 Å². The van der Waals surface area contributed by atoms with Crippen LogP contribution in [0.5, 0.6) is 0 Å². The molecule has 0 radical (unpaired) electrons. The molecule has 2 fully saturated rings. The SMILES string of the molecule is CNC(=O)C(=O)C(COCc1ccccc1)NC(=O)C(CC1CCCCC1)NC(=O)N1CCOCC1. The fourth-order valence-electron chi connectivity index (χ4n) is 4.60. The maximum atomic E-state index is 13.4. The number of benzene rings is 1. The zero-order valence-electron chi connectivity index (χ0n) is 21.0. The molecular formula is C26H38N4O6. The van der Waals surface area contributed by atoms with Crippen molar-refractivity contribution in [2.45, 2.75) is 57.2 Å². The lowest BCUT2D eigenvalue weighted by Crippen LogP contribution is -2.57. The number of urea groups is 1. The van der Waals surface area contributed by atoms with Crippen molar-refractivity contribution in [3.8, 4) is 0 Å². The van der Waals surface area contributed by atoms with Gasteiger partial charge in [0.1, 0.15) is 12.1 Å². The monoisotopic (exact) mass is 502 g/mol. The van der Waals surface area contributed by atoms with Crippen molar-refractivity contribution in [3.05, 3.63) is 35.9 Å². The van der Waals surface area contributed by atoms with Crippen molar-refractivity contribution >= 4 is 23.6 Å². The van der Waals surface area contributed by atoms with E-state index in [0.717, 1.165) is 31.2 Å². The van der Waals surface area contributed by atoms with E-state index in [1.807, 2.05) is 30.3 Å². The van der Waals surface area contributed by atoms with Crippen LogP contribution in [0.1, 0.15) is 44.1 Å². The molecule has 1 saturated heterocycles. The Labute approximate surface area is 212 Å². The molecule has 36 heavy (non-hydrogen) atoms. The molecule has 10 heteroatoms. The van der Waals surface area contributed by atoms with E-state index in [1.165, 1.54) is 13.5 Å². The Balaban J connectivity index is 1.67. The maximum Gasteiger partial charge on any atom is 0.318 e. The number of hydrogen-bond donors (Lipinski definition) is 3. The third-order valence-corrected chi connectivity index (χ3v) is 6.69. The molecule has 1 aliphatic carbocycles. The summed E-state index contributed by atoms with van der Waals surface area (Å²) in [6.07, 6.45) is 5.85. The average Bonchev–Trinajstić information content (AvgIpc) is 2.92. The Morgan fingerprint density at radius 3 is 2.36 bits per heavy atom. The van der Waals surface area contributed by atoms with Gasteiger partial charge in [0.2, 0.25) is 11.7 Å². The van der Waals surface area contributed by atoms with Gasteiger partial charge in [0.05, 0.1) is 26.4 Å². The largest absolute Gasteiger partial charge is 0.378 e. The highest BCUT2D eigenvalue weighted by Gasteiger charge is 2.32. The fraction of sp³-hybridized carbons (Fsp3) is 0.615. The smallest absolute Gasteiger partial charge is 0.318 e. The predicted molar refractivity (Wildman–Crippen MR) is 133 cm³/mol. The standard InChI is InChI=1S/C26H38N4O6/c1-27-25(33)23(31)22(18-36-17-20-10-6-3-7-11-20)28-24(32)21(16-19-8-4-2-5-9-19)29-26(34)30-12-14-35-15-13-30/h3,6-7,10-11,19,21-22H,2,4-5,8-9,12-18H2,1H3,(H,27,33)(H,28,32)(H,29,34). The van der Waals surface area contributed by atoms with Crippen molar-refractivity contribution in [2.75, 3.05) is 40.0 Å². The lowest BCUT2D eigenvalue weighted by atomic mass is 9.84. The number of hydrogen-bond acceptors (Lipinski definition) is 6. The number of carbonyl (C=O) groups is 4. The van der Waals surface area contributed by atoms with Crippen molar-refractivity contribution in [3.63, 3.8) is 0 Å². The Morgan fingerprint density at radius 1 is 1.00 bits per heavy atom. The van der Waals surface area contributed by atoms with Gasteiger partial charge in [-0.1, -0.05) is 62.4 Å². The average molecular weight is 503 g/mol. The highest BCUT2D eigenvalue weighted by molar-refractivity contribution is 6.38. The molecule has 2 aliphatic rings. The predicted octanol–water partition coefficient (Wildman–Crippen LogP) is 1.38. The molecule has 2 unspecified atom stereocenters. The Morgan fingerprint density at radius 2 is 1.69 bits per heavy atom. The molecule has 1 heterocycles. The van der Waals surface area contributed by atoms with Crippen LogP contribution in [-0.4, -0.2) is 80.6 Å². The van der Waals surface area contributed by atoms with E-state index in [1.54, 1.807) is 4.90 Å². The van der Waals surface area contributed by atoms with Crippen molar-refractivity contribution in [2.24, 2.45) is 5.92 Å². The maximum absolute atomic E-state index is 13.4. The van der Waals surface area contributed by atoms with Gasteiger partial charge in [0, 0.05) is 20.1 Å². The number of morpholine rings is 1. The van der Waals surface area contributed by atoms with E-state index >= 15 is 0 Å². The molecule has 4 amide bonds. The van der Waals surface area contributed by atoms with Gasteiger partial charge in [-0.15, -0.1) is 0 Å². The first-order chi connectivity index (χ1) is 17.5. The molecule has 1 aliphatic heterocycles. The molecule has 198 valence electrons. The van der Waals surface area contributed by atoms with Crippen LogP contribution < -0.4 is 16.0 Å². The Bertz CT molecular complexity index is 868. The van der Waals surface area contributed by atoms with E-state index in [-0.39, 0.29) is 19.2 Å². The quantitative estimate of drug-likeness (QED) is 0.393. The molecule has 2 atom stereocenters. The van der Waals surface area contributed by atoms with Crippen LogP contribution in [0, 0.1) is 5.92 Å². The summed E-state index contributed by atoms with van der Waals surface area (Å²) in [5, 5.41) is 7.87. The van der Waals surface area contributed by atoms with Crippen LogP contribution in [0.2, 0.25) is 0 Å². The second-order valence-electron chi connectivity index (χ2n) is 9.35. The van der Waals surface area contributed by atoms with Gasteiger partial charge in [0.25, 0.3) is 5.91 Å². The fourth-order valence-corrected chi connectivity index (χ4v) is 4.60. The topological polar surface area (TPSA) is 126 Å². The molecule has 10 nitrogen and oxygen atoms in total. The Kier molecular flexibility index (Phi) is 11.2. The molecule has 1 aromatic carbocycles. The first-order valence-electron chi connectivity index (χ1n) is 12.8. The normalized spacial score (nSPS) is 18.1. The van der Waals surface area contributed by atoms with Crippen molar-refractivity contribution < 1.29 is 28.7 Å². The number of rotatable bonds is 11. The minimum Gasteiger partial charge on any atom is -0.378 e. The second kappa shape index (κ2) is 14.5. The second-order valence-corrected chi connectivity index (χ2v) is 9.35. The summed E-state index contributed by atoms with van der Waals surface area (Å²) in [7, 11) is 1.36. The lowest BCUT2D eigenvalue weighted by Gasteiger charge is -2.31. The molecular weight excluding hydrogens is 464 g/mol. The van der Waals surface area contributed by atoms with Gasteiger partial charge in [-0.3, -0.25) is 14.4 Å². The summed E-state index contributed by atoms with van der Waals surface area (Å²) >= 11 is 0. The first kappa shape index (κ1) is 27.6. The summed E-state index contributed by atoms with van der Waals surface area (Å²) in [6.45, 7) is 1.88. The van der Waals surface area contributed by atoms with Gasteiger partial charge in [-0.25, -0.2) is 4.79 Å². The minimum atomic E-state index is -1.17. The zero-order valence-corrected chi connectivity index (χ0v) is 21.0. The molecule has 3 N–H and O–H groups in total. The van der Waals surface area contributed by atoms with Gasteiger partial charge >= 0.3 is 6.03 Å². The molecule has 0 bridgehead atoms. The van der Waals surface area contributed by atoms with Gasteiger partial charge in [-0.2, -0.15) is 0 Å². The van der Waals surface area contributed by atoms with Crippen LogP contribution >= 0.6 is 0 Å². The summed E-state index contributed by atoms with van der Waals surface area (Å²) in [5.74, 6) is -1.80. The van der Waals surface area contributed by atoms with Crippen LogP contribution in [0.4, 0.5) is 4.79 Å². The van der Waals surface area contributed by atoms with E-state index in [2.05, 4.69) is 16.0 Å². The molecule has 1 saturated carbocycles. The number of Topliss-reactive ketones (excluding diaryl/α,β-unsaturated/α-hetero) is 1. The summed E-state index contributed by atoms with van der Waals surface area (Å²) < 4.78 is 11.0. The van der Waals surface area contributed by atoms with E-state index < -0.39 is 29.7 Å². The van der Waals surface area contributed by atoms with Crippen molar-refractivity contribution in [1.29, 1.82) is 0 Å². The number of ether oxygens (including phenoxy) is 2. The summed E-state index contributed by atoms with van der Waals surface area (Å²) in [6, 6.07) is 7.09. The number of nitrogens with one attached hydrogen (secondary N) is 3. The van der Waals surface area contributed by atoms with Crippen LogP contribution in [0.3, 0.4) is 0 Å². The number of ketones is 1. The van der Waals surface area contributed by atoms with Gasteiger partial charge in [0.15, 0.2) is 0 Å². The molecule has 3 rings (SSSR count). The van der Waals surface area contributed by atoms with Gasteiger partial charge < -0.3 is 30.3 Å². The van der Waals surface area contributed by atoms with Crippen LogP contribution in [0.25, 0.3) is 0 Å². The van der Waals surface area contributed by atoms with Gasteiger partial charge in [-0.05, 0) is 17.9 Å².